The van der Waals surface area contributed by atoms with Crippen molar-refractivity contribution in [1.82, 2.24) is 10.3 Å². The summed E-state index contributed by atoms with van der Waals surface area (Å²) in [5.74, 6) is 2.31. The molecule has 0 aliphatic heterocycles. The van der Waals surface area contributed by atoms with Crippen molar-refractivity contribution in [3.8, 4) is 12.3 Å². The fourth-order valence-corrected chi connectivity index (χ4v) is 2.02. The zero-order chi connectivity index (χ0) is 14.5. The number of aromatic nitrogens is 1. The number of carbonyl (C=O) groups excluding carboxylic acids is 1. The molecule has 4 nitrogen and oxygen atoms in total. The average Bonchev–Trinajstić information content (AvgIpc) is 2.46. The van der Waals surface area contributed by atoms with Gasteiger partial charge in [-0.3, -0.25) is 4.79 Å². The predicted molar refractivity (Wildman–Crippen MR) is 81.2 cm³/mol. The first-order valence-corrected chi connectivity index (χ1v) is 6.55. The van der Waals surface area contributed by atoms with Crippen LogP contribution in [0.1, 0.15) is 30.3 Å². The number of nitrogens with one attached hydrogen (secondary N) is 1. The van der Waals surface area contributed by atoms with Crippen LogP contribution >= 0.6 is 0 Å². The number of nitrogens with zero attached hydrogens (tertiary/aromatic N) is 1. The molecule has 1 aromatic carbocycles. The molecule has 0 fully saturated rings. The first-order chi connectivity index (χ1) is 9.65. The Kier molecular flexibility index (Phi) is 4.21. The van der Waals surface area contributed by atoms with E-state index in [0.717, 1.165) is 11.8 Å². The molecule has 1 amide bonds. The minimum atomic E-state index is -0.246. The number of amides is 1. The number of nitrogens with two attached hydrogens (primary N) is 1. The van der Waals surface area contributed by atoms with E-state index >= 15 is 0 Å². The molecule has 0 spiro atoms. The van der Waals surface area contributed by atoms with Gasteiger partial charge in [-0.05, 0) is 18.6 Å². The molecule has 0 saturated carbocycles. The lowest BCUT2D eigenvalue weighted by Gasteiger charge is -2.14. The number of pyridine rings is 1. The van der Waals surface area contributed by atoms with Crippen molar-refractivity contribution >= 4 is 22.5 Å². The average molecular weight is 267 g/mol. The summed E-state index contributed by atoms with van der Waals surface area (Å²) in [6, 6.07) is 9.03. The number of carbonyl (C=O) groups is 1. The maximum atomic E-state index is 12.2. The van der Waals surface area contributed by atoms with Crippen LogP contribution in [0.15, 0.2) is 30.3 Å². The number of rotatable bonds is 4. The van der Waals surface area contributed by atoms with Crippen molar-refractivity contribution in [2.75, 3.05) is 5.73 Å². The lowest BCUT2D eigenvalue weighted by molar-refractivity contribution is 0.0932. The van der Waals surface area contributed by atoms with Crippen molar-refractivity contribution < 1.29 is 4.79 Å². The Balaban J connectivity index is 2.29. The number of terminal acetylenes is 1. The SMILES string of the molecule is C#CCC(CC)NC(=O)c1cc(N)c2ccccc2n1. The van der Waals surface area contributed by atoms with Gasteiger partial charge < -0.3 is 11.1 Å². The quantitative estimate of drug-likeness (QED) is 0.835. The Bertz CT molecular complexity index is 673. The van der Waals surface area contributed by atoms with E-state index in [1.165, 1.54) is 0 Å². The molecule has 0 radical (unpaired) electrons. The lowest BCUT2D eigenvalue weighted by atomic mass is 10.1. The predicted octanol–water partition coefficient (Wildman–Crippen LogP) is 2.35. The van der Waals surface area contributed by atoms with E-state index in [0.29, 0.717) is 23.3 Å². The van der Waals surface area contributed by atoms with Gasteiger partial charge in [-0.15, -0.1) is 12.3 Å². The van der Waals surface area contributed by atoms with Gasteiger partial charge in [0.05, 0.1) is 5.52 Å². The highest BCUT2D eigenvalue weighted by atomic mass is 16.1. The van der Waals surface area contributed by atoms with Crippen molar-refractivity contribution in [3.05, 3.63) is 36.0 Å². The summed E-state index contributed by atoms with van der Waals surface area (Å²) in [7, 11) is 0. The molecule has 1 aromatic heterocycles. The summed E-state index contributed by atoms with van der Waals surface area (Å²) in [6.45, 7) is 1.98. The van der Waals surface area contributed by atoms with Gasteiger partial charge in [-0.1, -0.05) is 25.1 Å². The lowest BCUT2D eigenvalue weighted by Crippen LogP contribution is -2.34. The van der Waals surface area contributed by atoms with Crippen LogP contribution in [-0.2, 0) is 0 Å². The second kappa shape index (κ2) is 6.07. The zero-order valence-electron chi connectivity index (χ0n) is 11.4. The number of hydrogen-bond acceptors (Lipinski definition) is 3. The number of para-hydroxylation sites is 1. The van der Waals surface area contributed by atoms with Gasteiger partial charge in [0.25, 0.3) is 5.91 Å². The Morgan fingerprint density at radius 2 is 2.25 bits per heavy atom. The molecule has 1 atom stereocenters. The third-order valence-corrected chi connectivity index (χ3v) is 3.17. The summed E-state index contributed by atoms with van der Waals surface area (Å²) < 4.78 is 0. The van der Waals surface area contributed by atoms with Crippen LogP contribution in [0.3, 0.4) is 0 Å². The van der Waals surface area contributed by atoms with Crippen LogP contribution in [-0.4, -0.2) is 16.9 Å². The summed E-state index contributed by atoms with van der Waals surface area (Å²) in [4.78, 5) is 16.5. The number of fused-ring (bicyclic) bond motifs is 1. The molecule has 0 aliphatic carbocycles. The van der Waals surface area contributed by atoms with Gasteiger partial charge in [0, 0.05) is 23.5 Å². The number of benzene rings is 1. The van der Waals surface area contributed by atoms with E-state index in [4.69, 9.17) is 12.2 Å². The van der Waals surface area contributed by atoms with Gasteiger partial charge in [-0.2, -0.15) is 0 Å². The highest BCUT2D eigenvalue weighted by Crippen LogP contribution is 2.20. The Morgan fingerprint density at radius 3 is 2.95 bits per heavy atom. The van der Waals surface area contributed by atoms with Crippen LogP contribution in [0.5, 0.6) is 0 Å². The normalized spacial score (nSPS) is 11.8. The molecular weight excluding hydrogens is 250 g/mol. The van der Waals surface area contributed by atoms with Crippen LogP contribution in [0.4, 0.5) is 5.69 Å². The third-order valence-electron chi connectivity index (χ3n) is 3.17. The molecule has 1 unspecified atom stereocenters. The van der Waals surface area contributed by atoms with Crippen molar-refractivity contribution in [2.24, 2.45) is 0 Å². The summed E-state index contributed by atoms with van der Waals surface area (Å²) >= 11 is 0. The molecule has 0 aliphatic rings. The molecule has 0 bridgehead atoms. The standard InChI is InChI=1S/C16H17N3O/c1-3-7-11(4-2)18-16(20)15-10-13(17)12-8-5-6-9-14(12)19-15/h1,5-6,8-11H,4,7H2,2H3,(H2,17,19)(H,18,20). The molecule has 4 heteroatoms. The second-order valence-corrected chi connectivity index (χ2v) is 4.60. The van der Waals surface area contributed by atoms with E-state index in [-0.39, 0.29) is 11.9 Å². The first kappa shape index (κ1) is 13.9. The minimum absolute atomic E-state index is 0.0398. The summed E-state index contributed by atoms with van der Waals surface area (Å²) in [5.41, 5.74) is 7.54. The largest absolute Gasteiger partial charge is 0.398 e. The van der Waals surface area contributed by atoms with Crippen molar-refractivity contribution in [2.45, 2.75) is 25.8 Å². The molecule has 2 rings (SSSR count). The van der Waals surface area contributed by atoms with Gasteiger partial charge in [0.2, 0.25) is 0 Å². The third kappa shape index (κ3) is 2.89. The van der Waals surface area contributed by atoms with E-state index in [1.54, 1.807) is 6.07 Å². The second-order valence-electron chi connectivity index (χ2n) is 4.60. The Morgan fingerprint density at radius 1 is 1.50 bits per heavy atom. The van der Waals surface area contributed by atoms with Gasteiger partial charge >= 0.3 is 0 Å². The number of anilines is 1. The van der Waals surface area contributed by atoms with Gasteiger partial charge in [-0.25, -0.2) is 4.98 Å². The van der Waals surface area contributed by atoms with E-state index in [1.807, 2.05) is 31.2 Å². The molecule has 3 N–H and O–H groups in total. The molecule has 1 heterocycles. The van der Waals surface area contributed by atoms with Crippen LogP contribution < -0.4 is 11.1 Å². The number of nitrogen functional groups attached to an aromatic ring is 1. The summed E-state index contributed by atoms with van der Waals surface area (Å²) in [6.07, 6.45) is 6.56. The molecule has 2 aromatic rings. The van der Waals surface area contributed by atoms with Crippen molar-refractivity contribution in [1.29, 1.82) is 0 Å². The van der Waals surface area contributed by atoms with Gasteiger partial charge in [0.15, 0.2) is 0 Å². The monoisotopic (exact) mass is 267 g/mol. The minimum Gasteiger partial charge on any atom is -0.398 e. The Labute approximate surface area is 118 Å². The van der Waals surface area contributed by atoms with Crippen LogP contribution in [0.2, 0.25) is 0 Å². The highest BCUT2D eigenvalue weighted by molar-refractivity contribution is 5.99. The maximum absolute atomic E-state index is 12.2. The molecular formula is C16H17N3O. The maximum Gasteiger partial charge on any atom is 0.270 e. The zero-order valence-corrected chi connectivity index (χ0v) is 11.4. The van der Waals surface area contributed by atoms with Gasteiger partial charge in [0.1, 0.15) is 5.69 Å². The fraction of sp³-hybridized carbons (Fsp3) is 0.250. The Hall–Kier alpha value is -2.54. The van der Waals surface area contributed by atoms with Crippen LogP contribution in [0, 0.1) is 12.3 Å². The molecule has 102 valence electrons. The van der Waals surface area contributed by atoms with Crippen LogP contribution in [0.25, 0.3) is 10.9 Å². The highest BCUT2D eigenvalue weighted by Gasteiger charge is 2.14. The first-order valence-electron chi connectivity index (χ1n) is 6.55. The van der Waals surface area contributed by atoms with Crippen molar-refractivity contribution in [3.63, 3.8) is 0 Å². The smallest absolute Gasteiger partial charge is 0.270 e. The van der Waals surface area contributed by atoms with E-state index < -0.39 is 0 Å². The van der Waals surface area contributed by atoms with E-state index in [2.05, 4.69) is 16.2 Å². The summed E-state index contributed by atoms with van der Waals surface area (Å²) in [5, 5.41) is 3.72. The molecule has 20 heavy (non-hydrogen) atoms. The number of hydrogen-bond donors (Lipinski definition) is 2. The van der Waals surface area contributed by atoms with E-state index in [9.17, 15) is 4.79 Å². The topological polar surface area (TPSA) is 68.0 Å². The fourth-order valence-electron chi connectivity index (χ4n) is 2.02. The molecule has 0 saturated heterocycles.